The van der Waals surface area contributed by atoms with Crippen LogP contribution < -0.4 is 0 Å². The number of ether oxygens (including phenoxy) is 1. The molecule has 0 radical (unpaired) electrons. The molecule has 1 N–H and O–H groups in total. The van der Waals surface area contributed by atoms with Gasteiger partial charge >= 0.3 is 5.97 Å². The second kappa shape index (κ2) is 6.19. The lowest BCUT2D eigenvalue weighted by molar-refractivity contribution is -0.144. The Bertz CT molecular complexity index is 329. The first kappa shape index (κ1) is 12.6. The van der Waals surface area contributed by atoms with Crippen LogP contribution in [0.4, 0.5) is 0 Å². The molecule has 0 bridgehead atoms. The molecule has 0 fully saturated rings. The second-order valence-corrected chi connectivity index (χ2v) is 3.58. The maximum absolute atomic E-state index is 11.0. The maximum Gasteiger partial charge on any atom is 0.323 e. The van der Waals surface area contributed by atoms with E-state index >= 15 is 0 Å². The molecule has 1 aromatic heterocycles. The van der Waals surface area contributed by atoms with Crippen LogP contribution in [0, 0.1) is 0 Å². The molecule has 0 aliphatic rings. The fourth-order valence-corrected chi connectivity index (χ4v) is 1.43. The van der Waals surface area contributed by atoms with Crippen molar-refractivity contribution < 1.29 is 14.6 Å². The zero-order chi connectivity index (χ0) is 12.0. The van der Waals surface area contributed by atoms with Crippen LogP contribution in [0.1, 0.15) is 5.56 Å². The molecule has 0 amide bonds. The maximum atomic E-state index is 11.0. The molecule has 5 nitrogen and oxygen atoms in total. The summed E-state index contributed by atoms with van der Waals surface area (Å²) in [4.78, 5) is 16.6. The van der Waals surface area contributed by atoms with E-state index in [1.54, 1.807) is 24.3 Å². The van der Waals surface area contributed by atoms with Gasteiger partial charge in [-0.05, 0) is 24.7 Å². The lowest BCUT2D eigenvalue weighted by Crippen LogP contribution is -2.41. The minimum Gasteiger partial charge on any atom is -0.480 e. The van der Waals surface area contributed by atoms with E-state index in [0.717, 1.165) is 5.56 Å². The van der Waals surface area contributed by atoms with E-state index in [4.69, 9.17) is 9.84 Å². The standard InChI is InChI=1S/C11H16N2O3/c1-13(10(8-16-2)11(14)15)7-9-3-5-12-6-4-9/h3-6,10H,7-8H2,1-2H3,(H,14,15). The van der Waals surface area contributed by atoms with Gasteiger partial charge in [0, 0.05) is 26.0 Å². The first-order valence-electron chi connectivity index (χ1n) is 4.96. The number of likely N-dealkylation sites (N-methyl/N-ethyl adjacent to an activating group) is 1. The highest BCUT2D eigenvalue weighted by Gasteiger charge is 2.22. The Morgan fingerprint density at radius 1 is 1.56 bits per heavy atom. The van der Waals surface area contributed by atoms with Gasteiger partial charge < -0.3 is 9.84 Å². The third kappa shape index (κ3) is 3.60. The lowest BCUT2D eigenvalue weighted by atomic mass is 10.2. The van der Waals surface area contributed by atoms with Gasteiger partial charge in [0.1, 0.15) is 6.04 Å². The molecular formula is C11H16N2O3. The highest BCUT2D eigenvalue weighted by molar-refractivity contribution is 5.73. The van der Waals surface area contributed by atoms with Gasteiger partial charge in [-0.3, -0.25) is 14.7 Å². The van der Waals surface area contributed by atoms with Crippen molar-refractivity contribution in [3.8, 4) is 0 Å². The quantitative estimate of drug-likeness (QED) is 0.767. The highest BCUT2D eigenvalue weighted by Crippen LogP contribution is 2.05. The van der Waals surface area contributed by atoms with Crippen molar-refractivity contribution in [2.24, 2.45) is 0 Å². The van der Waals surface area contributed by atoms with Crippen molar-refractivity contribution in [3.05, 3.63) is 30.1 Å². The van der Waals surface area contributed by atoms with Gasteiger partial charge in [-0.25, -0.2) is 0 Å². The molecular weight excluding hydrogens is 208 g/mol. The molecule has 1 rings (SSSR count). The van der Waals surface area contributed by atoms with Crippen molar-refractivity contribution in [2.45, 2.75) is 12.6 Å². The summed E-state index contributed by atoms with van der Waals surface area (Å²) in [6, 6.07) is 3.10. The number of methoxy groups -OCH3 is 1. The summed E-state index contributed by atoms with van der Waals surface area (Å²) in [6.07, 6.45) is 3.38. The van der Waals surface area contributed by atoms with E-state index in [9.17, 15) is 4.79 Å². The van der Waals surface area contributed by atoms with Crippen LogP contribution in [0.3, 0.4) is 0 Å². The topological polar surface area (TPSA) is 62.7 Å². The fourth-order valence-electron chi connectivity index (χ4n) is 1.43. The van der Waals surface area contributed by atoms with Crippen molar-refractivity contribution in [2.75, 3.05) is 20.8 Å². The average Bonchev–Trinajstić information content (AvgIpc) is 2.26. The molecule has 1 atom stereocenters. The number of rotatable bonds is 6. The largest absolute Gasteiger partial charge is 0.480 e. The van der Waals surface area contributed by atoms with E-state index < -0.39 is 12.0 Å². The molecule has 0 aromatic carbocycles. The van der Waals surface area contributed by atoms with E-state index in [1.807, 2.05) is 12.1 Å². The summed E-state index contributed by atoms with van der Waals surface area (Å²) in [5.41, 5.74) is 1.03. The minimum atomic E-state index is -0.876. The number of pyridine rings is 1. The van der Waals surface area contributed by atoms with Crippen LogP contribution in [0.2, 0.25) is 0 Å². The third-order valence-electron chi connectivity index (χ3n) is 2.32. The van der Waals surface area contributed by atoms with E-state index in [-0.39, 0.29) is 6.61 Å². The number of hydrogen-bond donors (Lipinski definition) is 1. The number of aromatic nitrogens is 1. The van der Waals surface area contributed by atoms with E-state index in [0.29, 0.717) is 6.54 Å². The van der Waals surface area contributed by atoms with Gasteiger partial charge in [0.05, 0.1) is 6.61 Å². The zero-order valence-electron chi connectivity index (χ0n) is 9.46. The first-order valence-corrected chi connectivity index (χ1v) is 4.96. The van der Waals surface area contributed by atoms with Crippen LogP contribution in [0.5, 0.6) is 0 Å². The zero-order valence-corrected chi connectivity index (χ0v) is 9.46. The van der Waals surface area contributed by atoms with Crippen LogP contribution in [-0.4, -0.2) is 47.8 Å². The second-order valence-electron chi connectivity index (χ2n) is 3.58. The molecule has 0 saturated heterocycles. The molecule has 88 valence electrons. The Hall–Kier alpha value is -1.46. The van der Waals surface area contributed by atoms with Crippen molar-refractivity contribution in [3.63, 3.8) is 0 Å². The number of carboxylic acid groups (broad SMARTS) is 1. The summed E-state index contributed by atoms with van der Waals surface area (Å²) in [5, 5.41) is 9.02. The summed E-state index contributed by atoms with van der Waals surface area (Å²) in [5.74, 6) is -0.876. The summed E-state index contributed by atoms with van der Waals surface area (Å²) >= 11 is 0. The number of hydrogen-bond acceptors (Lipinski definition) is 4. The highest BCUT2D eigenvalue weighted by atomic mass is 16.5. The Kier molecular flexibility index (Phi) is 4.88. The number of aliphatic carboxylic acids is 1. The lowest BCUT2D eigenvalue weighted by Gasteiger charge is -2.23. The molecule has 0 saturated carbocycles. The number of carbonyl (C=O) groups is 1. The number of nitrogens with zero attached hydrogens (tertiary/aromatic N) is 2. The van der Waals surface area contributed by atoms with Crippen molar-refractivity contribution in [1.29, 1.82) is 0 Å². The van der Waals surface area contributed by atoms with Gasteiger partial charge in [0.15, 0.2) is 0 Å². The summed E-state index contributed by atoms with van der Waals surface area (Å²) in [6.45, 7) is 0.736. The Balaban J connectivity index is 2.62. The molecule has 5 heteroatoms. The summed E-state index contributed by atoms with van der Waals surface area (Å²) in [7, 11) is 3.26. The molecule has 1 aromatic rings. The van der Waals surface area contributed by atoms with Crippen LogP contribution >= 0.6 is 0 Å². The van der Waals surface area contributed by atoms with E-state index in [2.05, 4.69) is 4.98 Å². The van der Waals surface area contributed by atoms with Gasteiger partial charge in [-0.1, -0.05) is 0 Å². The van der Waals surface area contributed by atoms with Gasteiger partial charge in [-0.15, -0.1) is 0 Å². The average molecular weight is 224 g/mol. The predicted octanol–water partition coefficient (Wildman–Crippen LogP) is 0.613. The van der Waals surface area contributed by atoms with Crippen LogP contribution in [0.15, 0.2) is 24.5 Å². The molecule has 0 aliphatic carbocycles. The monoisotopic (exact) mass is 224 g/mol. The Morgan fingerprint density at radius 2 is 2.19 bits per heavy atom. The molecule has 0 aliphatic heterocycles. The number of carboxylic acids is 1. The first-order chi connectivity index (χ1) is 7.65. The van der Waals surface area contributed by atoms with Crippen LogP contribution in [0.25, 0.3) is 0 Å². The smallest absolute Gasteiger partial charge is 0.323 e. The SMILES string of the molecule is COCC(C(=O)O)N(C)Cc1ccncc1. The van der Waals surface area contributed by atoms with Gasteiger partial charge in [0.25, 0.3) is 0 Å². The summed E-state index contributed by atoms with van der Waals surface area (Å²) < 4.78 is 4.89. The molecule has 1 unspecified atom stereocenters. The predicted molar refractivity (Wildman–Crippen MR) is 59.0 cm³/mol. The van der Waals surface area contributed by atoms with Gasteiger partial charge in [-0.2, -0.15) is 0 Å². The molecule has 16 heavy (non-hydrogen) atoms. The third-order valence-corrected chi connectivity index (χ3v) is 2.32. The molecule has 1 heterocycles. The molecule has 0 spiro atoms. The Morgan fingerprint density at radius 3 is 2.69 bits per heavy atom. The van der Waals surface area contributed by atoms with Gasteiger partial charge in [0.2, 0.25) is 0 Å². The van der Waals surface area contributed by atoms with Crippen LogP contribution in [-0.2, 0) is 16.1 Å². The van der Waals surface area contributed by atoms with E-state index in [1.165, 1.54) is 7.11 Å². The van der Waals surface area contributed by atoms with Crippen molar-refractivity contribution >= 4 is 5.97 Å². The minimum absolute atomic E-state index is 0.177. The van der Waals surface area contributed by atoms with Crippen molar-refractivity contribution in [1.82, 2.24) is 9.88 Å². The fraction of sp³-hybridized carbons (Fsp3) is 0.455. The normalized spacial score (nSPS) is 12.7. The Labute approximate surface area is 94.7 Å².